The van der Waals surface area contributed by atoms with Crippen LogP contribution in [0, 0.1) is 17.8 Å². The summed E-state index contributed by atoms with van der Waals surface area (Å²) >= 11 is 12.1. The van der Waals surface area contributed by atoms with Gasteiger partial charge < -0.3 is 4.90 Å². The highest BCUT2D eigenvalue weighted by molar-refractivity contribution is 7.88. The average Bonchev–Trinajstić information content (AvgIpc) is 3.11. The summed E-state index contributed by atoms with van der Waals surface area (Å²) in [6.07, 6.45) is 3.76. The predicted octanol–water partition coefficient (Wildman–Crippen LogP) is 2.98. The van der Waals surface area contributed by atoms with Gasteiger partial charge in [-0.25, -0.2) is 12.7 Å². The van der Waals surface area contributed by atoms with Crippen molar-refractivity contribution in [1.29, 1.82) is 0 Å². The Hall–Kier alpha value is -1.26. The number of likely N-dealkylation sites (tertiary alicyclic amines) is 1. The fraction of sp³-hybridized carbons (Fsp3) is 0.526. The summed E-state index contributed by atoms with van der Waals surface area (Å²) in [5.41, 5.74) is 1.08. The first kappa shape index (κ1) is 20.5. The molecule has 2 aliphatic heterocycles. The molecule has 0 unspecified atom stereocenters. The Bertz CT molecular complexity index is 892. The molecule has 1 aromatic carbocycles. The third kappa shape index (κ3) is 5.17. The lowest BCUT2D eigenvalue weighted by Gasteiger charge is -2.32. The summed E-state index contributed by atoms with van der Waals surface area (Å²) in [5, 5.41) is 1.05. The molecule has 0 aliphatic carbocycles. The highest BCUT2D eigenvalue weighted by Gasteiger charge is 2.28. The second kappa shape index (κ2) is 8.40. The number of halogens is 2. The van der Waals surface area contributed by atoms with Gasteiger partial charge in [0.15, 0.2) is 0 Å². The van der Waals surface area contributed by atoms with Gasteiger partial charge in [0.05, 0.1) is 16.3 Å². The largest absolute Gasteiger partial charge is 0.331 e. The van der Waals surface area contributed by atoms with Crippen LogP contribution in [0.1, 0.15) is 30.7 Å². The van der Waals surface area contributed by atoms with E-state index < -0.39 is 10.0 Å². The Labute approximate surface area is 170 Å². The molecule has 5 nitrogen and oxygen atoms in total. The van der Waals surface area contributed by atoms with Crippen LogP contribution in [0.5, 0.6) is 0 Å². The van der Waals surface area contributed by atoms with E-state index in [4.69, 9.17) is 23.2 Å². The van der Waals surface area contributed by atoms with E-state index in [0.29, 0.717) is 42.6 Å². The van der Waals surface area contributed by atoms with Crippen molar-refractivity contribution in [3.63, 3.8) is 0 Å². The number of rotatable bonds is 2. The number of carbonyl (C=O) groups is 1. The van der Waals surface area contributed by atoms with Crippen LogP contribution in [0.3, 0.4) is 0 Å². The molecule has 146 valence electrons. The van der Waals surface area contributed by atoms with E-state index in [1.54, 1.807) is 11.0 Å². The quantitative estimate of drug-likeness (QED) is 0.680. The molecule has 0 radical (unpaired) electrons. The van der Waals surface area contributed by atoms with E-state index in [2.05, 4.69) is 11.8 Å². The van der Waals surface area contributed by atoms with Crippen LogP contribution in [0.4, 0.5) is 0 Å². The molecule has 2 fully saturated rings. The van der Waals surface area contributed by atoms with Gasteiger partial charge in [-0.3, -0.25) is 4.79 Å². The summed E-state index contributed by atoms with van der Waals surface area (Å²) in [6.45, 7) is 2.12. The number of hydrogen-bond acceptors (Lipinski definition) is 3. The molecule has 2 atom stereocenters. The van der Waals surface area contributed by atoms with Crippen LogP contribution >= 0.6 is 23.2 Å². The van der Waals surface area contributed by atoms with E-state index in [0.717, 1.165) is 18.4 Å². The Morgan fingerprint density at radius 3 is 2.59 bits per heavy atom. The molecule has 2 heterocycles. The monoisotopic (exact) mass is 428 g/mol. The summed E-state index contributed by atoms with van der Waals surface area (Å²) in [4.78, 5) is 14.3. The molecule has 1 aromatic rings. The number of piperidine rings is 1. The standard InChI is InChI=1S/C19H22Cl2N2O3S/c1-27(25,26)23-10-8-14(12-23)4-7-19(24)22-9-2-3-16(13-22)15-5-6-17(20)18(21)11-15/h5-6,11,14,16H,2-3,8-10,12-13H2,1H3/t14-,16+/m0/s1. The number of nitrogens with zero attached hydrogens (tertiary/aromatic N) is 2. The maximum atomic E-state index is 12.5. The number of sulfonamides is 1. The number of carbonyl (C=O) groups excluding carboxylic acids is 1. The lowest BCUT2D eigenvalue weighted by Crippen LogP contribution is -2.38. The third-order valence-corrected chi connectivity index (χ3v) is 7.14. The smallest absolute Gasteiger partial charge is 0.298 e. The van der Waals surface area contributed by atoms with Crippen molar-refractivity contribution in [3.05, 3.63) is 33.8 Å². The van der Waals surface area contributed by atoms with Crippen LogP contribution in [0.25, 0.3) is 0 Å². The molecule has 0 bridgehead atoms. The lowest BCUT2D eigenvalue weighted by molar-refractivity contribution is -0.126. The van der Waals surface area contributed by atoms with E-state index >= 15 is 0 Å². The maximum Gasteiger partial charge on any atom is 0.298 e. The zero-order valence-corrected chi connectivity index (χ0v) is 17.4. The summed E-state index contributed by atoms with van der Waals surface area (Å²) in [6, 6.07) is 5.61. The van der Waals surface area contributed by atoms with Gasteiger partial charge in [-0.15, -0.1) is 0 Å². The highest BCUT2D eigenvalue weighted by Crippen LogP contribution is 2.31. The molecular formula is C19H22Cl2N2O3S. The Morgan fingerprint density at radius 1 is 1.15 bits per heavy atom. The van der Waals surface area contributed by atoms with Crippen molar-refractivity contribution in [3.8, 4) is 11.8 Å². The first-order valence-corrected chi connectivity index (χ1v) is 11.5. The van der Waals surface area contributed by atoms with Crippen LogP contribution in [-0.2, 0) is 14.8 Å². The van der Waals surface area contributed by atoms with Gasteiger partial charge in [0, 0.05) is 38.0 Å². The molecule has 2 saturated heterocycles. The summed E-state index contributed by atoms with van der Waals surface area (Å²) < 4.78 is 24.5. The zero-order chi connectivity index (χ0) is 19.6. The second-order valence-corrected chi connectivity index (χ2v) is 9.94. The number of amides is 1. The highest BCUT2D eigenvalue weighted by atomic mass is 35.5. The van der Waals surface area contributed by atoms with Crippen molar-refractivity contribution >= 4 is 39.1 Å². The summed E-state index contributed by atoms with van der Waals surface area (Å²) in [7, 11) is -3.19. The molecule has 27 heavy (non-hydrogen) atoms. The van der Waals surface area contributed by atoms with Crippen molar-refractivity contribution < 1.29 is 13.2 Å². The molecule has 8 heteroatoms. The minimum Gasteiger partial charge on any atom is -0.331 e. The van der Waals surface area contributed by atoms with Crippen LogP contribution < -0.4 is 0 Å². The van der Waals surface area contributed by atoms with Gasteiger partial charge in [-0.2, -0.15) is 0 Å². The molecule has 3 rings (SSSR count). The van der Waals surface area contributed by atoms with E-state index in [-0.39, 0.29) is 17.7 Å². The molecule has 0 spiro atoms. The fourth-order valence-electron chi connectivity index (χ4n) is 3.59. The van der Waals surface area contributed by atoms with E-state index in [9.17, 15) is 13.2 Å². The molecule has 1 amide bonds. The SMILES string of the molecule is CS(=O)(=O)N1CC[C@H](C#CC(=O)N2CCC[C@@H](c3ccc(Cl)c(Cl)c3)C2)C1. The summed E-state index contributed by atoms with van der Waals surface area (Å²) in [5.74, 6) is 5.63. The van der Waals surface area contributed by atoms with E-state index in [1.165, 1.54) is 10.6 Å². The zero-order valence-electron chi connectivity index (χ0n) is 15.1. The lowest BCUT2D eigenvalue weighted by atomic mass is 9.90. The fourth-order valence-corrected chi connectivity index (χ4v) is 4.78. The minimum atomic E-state index is -3.19. The third-order valence-electron chi connectivity index (χ3n) is 5.13. The molecular weight excluding hydrogens is 407 g/mol. The topological polar surface area (TPSA) is 57.7 Å². The first-order chi connectivity index (χ1) is 12.7. The van der Waals surface area contributed by atoms with Crippen LogP contribution in [-0.4, -0.2) is 56.0 Å². The number of hydrogen-bond donors (Lipinski definition) is 0. The Morgan fingerprint density at radius 2 is 1.93 bits per heavy atom. The van der Waals surface area contributed by atoms with Crippen molar-refractivity contribution in [2.24, 2.45) is 5.92 Å². The molecule has 0 saturated carbocycles. The van der Waals surface area contributed by atoms with Crippen molar-refractivity contribution in [1.82, 2.24) is 9.21 Å². The Balaban J connectivity index is 1.62. The normalized spacial score (nSPS) is 23.7. The first-order valence-electron chi connectivity index (χ1n) is 8.94. The van der Waals surface area contributed by atoms with Gasteiger partial charge in [-0.1, -0.05) is 35.2 Å². The predicted molar refractivity (Wildman–Crippen MR) is 107 cm³/mol. The van der Waals surface area contributed by atoms with Crippen molar-refractivity contribution in [2.75, 3.05) is 32.4 Å². The molecule has 0 N–H and O–H groups in total. The van der Waals surface area contributed by atoms with Gasteiger partial charge in [-0.05, 0) is 42.9 Å². The van der Waals surface area contributed by atoms with Gasteiger partial charge in [0.25, 0.3) is 5.91 Å². The maximum absolute atomic E-state index is 12.5. The Kier molecular flexibility index (Phi) is 6.37. The minimum absolute atomic E-state index is 0.0839. The van der Waals surface area contributed by atoms with Gasteiger partial charge >= 0.3 is 0 Å². The average molecular weight is 429 g/mol. The van der Waals surface area contributed by atoms with E-state index in [1.807, 2.05) is 12.1 Å². The van der Waals surface area contributed by atoms with Crippen LogP contribution in [0.2, 0.25) is 10.0 Å². The number of benzene rings is 1. The second-order valence-electron chi connectivity index (χ2n) is 7.14. The van der Waals surface area contributed by atoms with Crippen LogP contribution in [0.15, 0.2) is 18.2 Å². The van der Waals surface area contributed by atoms with Crippen molar-refractivity contribution in [2.45, 2.75) is 25.2 Å². The molecule has 0 aromatic heterocycles. The van der Waals surface area contributed by atoms with Gasteiger partial charge in [0.2, 0.25) is 10.0 Å². The molecule has 2 aliphatic rings. The van der Waals surface area contributed by atoms with Gasteiger partial charge in [0.1, 0.15) is 0 Å².